The molecule has 3 heterocycles. The van der Waals surface area contributed by atoms with Crippen molar-refractivity contribution in [3.8, 4) is 0 Å². The summed E-state index contributed by atoms with van der Waals surface area (Å²) in [5.74, 6) is 0.863. The van der Waals surface area contributed by atoms with Crippen LogP contribution < -0.4 is 9.80 Å². The van der Waals surface area contributed by atoms with Gasteiger partial charge in [0.05, 0.1) is 18.9 Å². The van der Waals surface area contributed by atoms with Crippen LogP contribution in [-0.2, 0) is 15.9 Å². The number of hydrogen-bond acceptors (Lipinski definition) is 5. The highest BCUT2D eigenvalue weighted by atomic mass is 35.5. The molecule has 1 aromatic heterocycles. The molecule has 0 aromatic carbocycles. The van der Waals surface area contributed by atoms with E-state index >= 15 is 0 Å². The quantitative estimate of drug-likeness (QED) is 0.736. The van der Waals surface area contributed by atoms with Gasteiger partial charge in [-0.3, -0.25) is 4.90 Å². The second-order valence-electron chi connectivity index (χ2n) is 6.75. The molecule has 0 spiro atoms. The summed E-state index contributed by atoms with van der Waals surface area (Å²) >= 11 is 6.20. The smallest absolute Gasteiger partial charge is 0.414 e. The van der Waals surface area contributed by atoms with Gasteiger partial charge in [-0.15, -0.1) is 0 Å². The number of rotatable bonds is 1. The Hall–Kier alpha value is -1.53. The zero-order valence-corrected chi connectivity index (χ0v) is 14.5. The van der Waals surface area contributed by atoms with Crippen molar-refractivity contribution in [1.82, 2.24) is 4.98 Å². The summed E-state index contributed by atoms with van der Waals surface area (Å²) in [7, 11) is 0. The van der Waals surface area contributed by atoms with E-state index in [9.17, 15) is 4.79 Å². The number of aromatic nitrogens is 1. The summed E-state index contributed by atoms with van der Waals surface area (Å²) in [6.07, 6.45) is 0.414. The SMILES string of the molecule is CC(C)(C)OC(=O)N1CCc2c1cc(Cl)nc2N1CCOCC1. The van der Waals surface area contributed by atoms with Gasteiger partial charge in [-0.2, -0.15) is 0 Å². The summed E-state index contributed by atoms with van der Waals surface area (Å²) in [4.78, 5) is 20.7. The van der Waals surface area contributed by atoms with Crippen LogP contribution in [0.5, 0.6) is 0 Å². The highest BCUT2D eigenvalue weighted by Crippen LogP contribution is 2.37. The van der Waals surface area contributed by atoms with Gasteiger partial charge in [0.25, 0.3) is 0 Å². The van der Waals surface area contributed by atoms with Gasteiger partial charge >= 0.3 is 6.09 Å². The molecular weight excluding hydrogens is 318 g/mol. The molecule has 3 rings (SSSR count). The van der Waals surface area contributed by atoms with Gasteiger partial charge < -0.3 is 14.4 Å². The lowest BCUT2D eigenvalue weighted by Gasteiger charge is -2.30. The van der Waals surface area contributed by atoms with E-state index in [0.717, 1.165) is 36.6 Å². The van der Waals surface area contributed by atoms with Crippen LogP contribution in [0.4, 0.5) is 16.3 Å². The Kier molecular flexibility index (Phi) is 4.38. The van der Waals surface area contributed by atoms with Gasteiger partial charge in [0.1, 0.15) is 16.6 Å². The minimum atomic E-state index is -0.524. The summed E-state index contributed by atoms with van der Waals surface area (Å²) < 4.78 is 10.9. The highest BCUT2D eigenvalue weighted by molar-refractivity contribution is 6.30. The summed E-state index contributed by atoms with van der Waals surface area (Å²) in [5.41, 5.74) is 1.34. The third-order valence-electron chi connectivity index (χ3n) is 3.85. The number of nitrogens with zero attached hydrogens (tertiary/aromatic N) is 3. The van der Waals surface area contributed by atoms with Gasteiger partial charge in [-0.05, 0) is 33.3 Å². The molecule has 2 aliphatic rings. The first kappa shape index (κ1) is 16.3. The molecule has 1 amide bonds. The number of amides is 1. The Balaban J connectivity index is 1.90. The Morgan fingerprint density at radius 1 is 1.30 bits per heavy atom. The number of anilines is 2. The summed E-state index contributed by atoms with van der Waals surface area (Å²) in [6, 6.07) is 1.75. The monoisotopic (exact) mass is 339 g/mol. The van der Waals surface area contributed by atoms with Crippen molar-refractivity contribution in [3.63, 3.8) is 0 Å². The molecular formula is C16H22ClN3O3. The third kappa shape index (κ3) is 3.53. The third-order valence-corrected chi connectivity index (χ3v) is 4.04. The van der Waals surface area contributed by atoms with E-state index in [1.807, 2.05) is 20.8 Å². The number of halogens is 1. The molecule has 0 bridgehead atoms. The van der Waals surface area contributed by atoms with E-state index in [4.69, 9.17) is 21.1 Å². The average Bonchev–Trinajstić information content (AvgIpc) is 2.89. The summed E-state index contributed by atoms with van der Waals surface area (Å²) in [6.45, 7) is 9.10. The first-order chi connectivity index (χ1) is 10.8. The molecule has 0 saturated carbocycles. The number of pyridine rings is 1. The molecule has 0 atom stereocenters. The van der Waals surface area contributed by atoms with E-state index in [1.165, 1.54) is 0 Å². The largest absolute Gasteiger partial charge is 0.443 e. The maximum Gasteiger partial charge on any atom is 0.414 e. The van der Waals surface area contributed by atoms with E-state index in [2.05, 4.69) is 9.88 Å². The van der Waals surface area contributed by atoms with Gasteiger partial charge in [-0.1, -0.05) is 11.6 Å². The van der Waals surface area contributed by atoms with Crippen molar-refractivity contribution >= 4 is 29.2 Å². The molecule has 0 radical (unpaired) electrons. The number of carbonyl (C=O) groups excluding carboxylic acids is 1. The molecule has 6 nitrogen and oxygen atoms in total. The van der Waals surface area contributed by atoms with Crippen molar-refractivity contribution in [1.29, 1.82) is 0 Å². The molecule has 7 heteroatoms. The van der Waals surface area contributed by atoms with Crippen molar-refractivity contribution in [2.75, 3.05) is 42.6 Å². The molecule has 0 N–H and O–H groups in total. The van der Waals surface area contributed by atoms with Crippen LogP contribution in [0.3, 0.4) is 0 Å². The summed E-state index contributed by atoms with van der Waals surface area (Å²) in [5, 5.41) is 0.390. The predicted molar refractivity (Wildman–Crippen MR) is 89.6 cm³/mol. The number of fused-ring (bicyclic) bond motifs is 1. The van der Waals surface area contributed by atoms with Crippen LogP contribution in [0, 0.1) is 0 Å². The zero-order valence-electron chi connectivity index (χ0n) is 13.8. The molecule has 0 unspecified atom stereocenters. The van der Waals surface area contributed by atoms with Crippen molar-refractivity contribution in [3.05, 3.63) is 16.8 Å². The maximum atomic E-state index is 12.4. The standard InChI is InChI=1S/C16H22ClN3O3/c1-16(2,3)23-15(21)20-5-4-11-12(20)10-13(17)18-14(11)19-6-8-22-9-7-19/h10H,4-9H2,1-3H3. The number of ether oxygens (including phenoxy) is 2. The fourth-order valence-electron chi connectivity index (χ4n) is 2.88. The Labute approximate surface area is 141 Å². The lowest BCUT2D eigenvalue weighted by Crippen LogP contribution is -2.37. The molecule has 23 heavy (non-hydrogen) atoms. The van der Waals surface area contributed by atoms with E-state index in [-0.39, 0.29) is 6.09 Å². The van der Waals surface area contributed by atoms with E-state index in [0.29, 0.717) is 24.9 Å². The average molecular weight is 340 g/mol. The fraction of sp³-hybridized carbons (Fsp3) is 0.625. The molecule has 0 aliphatic carbocycles. The van der Waals surface area contributed by atoms with Crippen LogP contribution in [0.2, 0.25) is 5.15 Å². The topological polar surface area (TPSA) is 54.9 Å². The van der Waals surface area contributed by atoms with Crippen molar-refractivity contribution in [2.24, 2.45) is 0 Å². The Bertz CT molecular complexity index is 609. The first-order valence-electron chi connectivity index (χ1n) is 7.88. The molecule has 1 aromatic rings. The van der Waals surface area contributed by atoms with Crippen molar-refractivity contribution < 1.29 is 14.3 Å². The first-order valence-corrected chi connectivity index (χ1v) is 8.25. The van der Waals surface area contributed by atoms with Crippen LogP contribution in [0.25, 0.3) is 0 Å². The van der Waals surface area contributed by atoms with Gasteiger partial charge in [0.2, 0.25) is 0 Å². The van der Waals surface area contributed by atoms with Crippen LogP contribution in [0.1, 0.15) is 26.3 Å². The second kappa shape index (κ2) is 6.17. The van der Waals surface area contributed by atoms with Gasteiger partial charge in [0, 0.05) is 25.2 Å². The van der Waals surface area contributed by atoms with Crippen LogP contribution in [-0.4, -0.2) is 49.5 Å². The number of hydrogen-bond donors (Lipinski definition) is 0. The lowest BCUT2D eigenvalue weighted by molar-refractivity contribution is 0.0584. The lowest BCUT2D eigenvalue weighted by atomic mass is 10.2. The Morgan fingerprint density at radius 3 is 2.65 bits per heavy atom. The van der Waals surface area contributed by atoms with Crippen molar-refractivity contribution in [2.45, 2.75) is 32.8 Å². The minimum absolute atomic E-state index is 0.341. The molecule has 1 fully saturated rings. The van der Waals surface area contributed by atoms with E-state index < -0.39 is 5.60 Å². The van der Waals surface area contributed by atoms with Crippen LogP contribution in [0.15, 0.2) is 6.07 Å². The molecule has 2 aliphatic heterocycles. The highest BCUT2D eigenvalue weighted by Gasteiger charge is 2.32. The predicted octanol–water partition coefficient (Wildman–Crippen LogP) is 2.87. The number of carbonyl (C=O) groups is 1. The fourth-order valence-corrected chi connectivity index (χ4v) is 3.07. The molecule has 1 saturated heterocycles. The minimum Gasteiger partial charge on any atom is -0.443 e. The van der Waals surface area contributed by atoms with Gasteiger partial charge in [-0.25, -0.2) is 9.78 Å². The van der Waals surface area contributed by atoms with Crippen LogP contribution >= 0.6 is 11.6 Å². The molecule has 126 valence electrons. The van der Waals surface area contributed by atoms with E-state index in [1.54, 1.807) is 11.0 Å². The Morgan fingerprint density at radius 2 is 2.00 bits per heavy atom. The number of morpholine rings is 1. The maximum absolute atomic E-state index is 12.4. The zero-order chi connectivity index (χ0) is 16.6. The van der Waals surface area contributed by atoms with Gasteiger partial charge in [0.15, 0.2) is 0 Å². The second-order valence-corrected chi connectivity index (χ2v) is 7.13. The normalized spacial score (nSPS) is 18.1.